The lowest BCUT2D eigenvalue weighted by molar-refractivity contribution is 0.702. The van der Waals surface area contributed by atoms with E-state index in [9.17, 15) is 9.59 Å². The quantitative estimate of drug-likeness (QED) is 0.527. The Labute approximate surface area is 131 Å². The molecule has 8 heteroatoms. The maximum absolute atomic E-state index is 12.5. The fourth-order valence-electron chi connectivity index (χ4n) is 2.70. The van der Waals surface area contributed by atoms with E-state index >= 15 is 0 Å². The van der Waals surface area contributed by atoms with Gasteiger partial charge in [-0.3, -0.25) is 23.9 Å². The van der Waals surface area contributed by atoms with Crippen molar-refractivity contribution in [3.05, 3.63) is 56.2 Å². The molecule has 0 fully saturated rings. The molecule has 0 unspecified atom stereocenters. The van der Waals surface area contributed by atoms with Crippen molar-refractivity contribution in [1.29, 1.82) is 0 Å². The van der Waals surface area contributed by atoms with Crippen molar-refractivity contribution in [3.8, 4) is 0 Å². The number of benzene rings is 1. The summed E-state index contributed by atoms with van der Waals surface area (Å²) in [6.45, 7) is 2.42. The topological polar surface area (TPSA) is 99.9 Å². The lowest BCUT2D eigenvalue weighted by Gasteiger charge is -2.09. The first-order valence-corrected chi connectivity index (χ1v) is 7.12. The van der Waals surface area contributed by atoms with Crippen LogP contribution in [0.25, 0.3) is 11.2 Å². The Morgan fingerprint density at radius 1 is 1.22 bits per heavy atom. The van der Waals surface area contributed by atoms with E-state index in [4.69, 9.17) is 5.84 Å². The number of hydrogen-bond acceptors (Lipinski definition) is 5. The maximum atomic E-state index is 12.5. The van der Waals surface area contributed by atoms with Gasteiger partial charge in [0, 0.05) is 14.1 Å². The van der Waals surface area contributed by atoms with E-state index < -0.39 is 11.2 Å². The molecule has 120 valence electrons. The van der Waals surface area contributed by atoms with Crippen molar-refractivity contribution < 1.29 is 0 Å². The molecule has 23 heavy (non-hydrogen) atoms. The van der Waals surface area contributed by atoms with E-state index in [1.165, 1.54) is 11.6 Å². The van der Waals surface area contributed by atoms with Crippen LogP contribution in [0.15, 0.2) is 33.9 Å². The predicted molar refractivity (Wildman–Crippen MR) is 88.3 cm³/mol. The number of nitrogen functional groups attached to an aromatic ring is 1. The number of hydrogen-bond donors (Lipinski definition) is 2. The minimum absolute atomic E-state index is 0.304. The number of nitrogens with zero attached hydrogens (tertiary/aromatic N) is 4. The molecule has 0 aliphatic carbocycles. The summed E-state index contributed by atoms with van der Waals surface area (Å²) in [6.07, 6.45) is 0. The molecule has 1 aromatic carbocycles. The normalized spacial score (nSPS) is 11.1. The van der Waals surface area contributed by atoms with Crippen LogP contribution in [0.5, 0.6) is 0 Å². The molecule has 8 nitrogen and oxygen atoms in total. The van der Waals surface area contributed by atoms with Crippen LogP contribution in [0.4, 0.5) is 5.95 Å². The van der Waals surface area contributed by atoms with Crippen molar-refractivity contribution in [2.75, 3.05) is 5.43 Å². The highest BCUT2D eigenvalue weighted by atomic mass is 16.2. The number of imidazole rings is 1. The van der Waals surface area contributed by atoms with Crippen molar-refractivity contribution in [3.63, 3.8) is 0 Å². The van der Waals surface area contributed by atoms with E-state index in [1.54, 1.807) is 11.6 Å². The Balaban J connectivity index is 2.31. The van der Waals surface area contributed by atoms with Gasteiger partial charge in [-0.25, -0.2) is 10.6 Å². The van der Waals surface area contributed by atoms with Gasteiger partial charge in [0.2, 0.25) is 5.95 Å². The highest BCUT2D eigenvalue weighted by molar-refractivity contribution is 5.74. The standard InChI is InChI=1S/C15H18N6O2/c1-9-5-4-6-10(7-9)8-21-11-12(17-14(21)18-16)19(2)15(23)20(3)13(11)22/h4-7H,8,16H2,1-3H3,(H,17,18). The third-order valence-corrected chi connectivity index (χ3v) is 3.90. The molecule has 0 aliphatic heterocycles. The minimum Gasteiger partial charge on any atom is -0.299 e. The van der Waals surface area contributed by atoms with Gasteiger partial charge in [-0.15, -0.1) is 0 Å². The van der Waals surface area contributed by atoms with E-state index in [0.717, 1.165) is 15.7 Å². The highest BCUT2D eigenvalue weighted by Gasteiger charge is 2.18. The number of anilines is 1. The van der Waals surface area contributed by atoms with Gasteiger partial charge in [-0.05, 0) is 12.5 Å². The zero-order valence-corrected chi connectivity index (χ0v) is 13.2. The first-order valence-electron chi connectivity index (χ1n) is 7.12. The summed E-state index contributed by atoms with van der Waals surface area (Å²) in [5, 5.41) is 0. The second kappa shape index (κ2) is 5.40. The number of aromatic nitrogens is 4. The second-order valence-electron chi connectivity index (χ2n) is 5.53. The zero-order valence-electron chi connectivity index (χ0n) is 13.2. The summed E-state index contributed by atoms with van der Waals surface area (Å²) in [5.41, 5.74) is 4.45. The van der Waals surface area contributed by atoms with Crippen molar-refractivity contribution in [2.24, 2.45) is 19.9 Å². The number of nitrogens with one attached hydrogen (secondary N) is 1. The van der Waals surface area contributed by atoms with Crippen LogP contribution in [0.1, 0.15) is 11.1 Å². The van der Waals surface area contributed by atoms with E-state index in [0.29, 0.717) is 23.7 Å². The zero-order chi connectivity index (χ0) is 16.7. The monoisotopic (exact) mass is 314 g/mol. The van der Waals surface area contributed by atoms with Crippen LogP contribution < -0.4 is 22.5 Å². The average Bonchev–Trinajstić information content (AvgIpc) is 2.89. The molecule has 0 radical (unpaired) electrons. The van der Waals surface area contributed by atoms with Crippen molar-refractivity contribution in [1.82, 2.24) is 18.7 Å². The Hall–Kier alpha value is -2.87. The van der Waals surface area contributed by atoms with Crippen LogP contribution in [0, 0.1) is 6.92 Å². The smallest absolute Gasteiger partial charge is 0.299 e. The van der Waals surface area contributed by atoms with Crippen LogP contribution >= 0.6 is 0 Å². The second-order valence-corrected chi connectivity index (χ2v) is 5.53. The van der Waals surface area contributed by atoms with Gasteiger partial charge < -0.3 is 0 Å². The Kier molecular flexibility index (Phi) is 3.53. The first-order chi connectivity index (χ1) is 10.9. The molecule has 0 aliphatic rings. The fourth-order valence-corrected chi connectivity index (χ4v) is 2.70. The van der Waals surface area contributed by atoms with Crippen molar-refractivity contribution in [2.45, 2.75) is 13.5 Å². The SMILES string of the molecule is Cc1cccc(Cn2c(NN)nc3c2c(=O)n(C)c(=O)n3C)c1. The molecule has 2 aromatic heterocycles. The van der Waals surface area contributed by atoms with E-state index in [-0.39, 0.29) is 0 Å². The Morgan fingerprint density at radius 2 is 1.96 bits per heavy atom. The largest absolute Gasteiger partial charge is 0.332 e. The first kappa shape index (κ1) is 15.0. The number of hydrazine groups is 1. The van der Waals surface area contributed by atoms with Crippen LogP contribution in [-0.2, 0) is 20.6 Å². The molecule has 3 rings (SSSR count). The third-order valence-electron chi connectivity index (χ3n) is 3.90. The van der Waals surface area contributed by atoms with Gasteiger partial charge in [0.15, 0.2) is 11.2 Å². The molecule has 0 saturated heterocycles. The summed E-state index contributed by atoms with van der Waals surface area (Å²) in [7, 11) is 3.03. The average molecular weight is 314 g/mol. The number of nitrogens with two attached hydrogens (primary N) is 1. The molecule has 3 aromatic rings. The van der Waals surface area contributed by atoms with Crippen LogP contribution in [0.2, 0.25) is 0 Å². The number of aryl methyl sites for hydroxylation is 2. The molecule has 0 amide bonds. The predicted octanol–water partition coefficient (Wildman–Crippen LogP) is 0.0760. The van der Waals surface area contributed by atoms with Gasteiger partial charge >= 0.3 is 5.69 Å². The molecule has 0 saturated carbocycles. The molecule has 2 heterocycles. The van der Waals surface area contributed by atoms with Crippen molar-refractivity contribution >= 4 is 17.1 Å². The molecular formula is C15H18N6O2. The van der Waals surface area contributed by atoms with E-state index in [1.807, 2.05) is 31.2 Å². The van der Waals surface area contributed by atoms with Gasteiger partial charge in [0.05, 0.1) is 6.54 Å². The Morgan fingerprint density at radius 3 is 2.61 bits per heavy atom. The van der Waals surface area contributed by atoms with Gasteiger partial charge in [0.1, 0.15) is 0 Å². The van der Waals surface area contributed by atoms with E-state index in [2.05, 4.69) is 10.4 Å². The minimum atomic E-state index is -0.425. The number of rotatable bonds is 3. The summed E-state index contributed by atoms with van der Waals surface area (Å²) >= 11 is 0. The fraction of sp³-hybridized carbons (Fsp3) is 0.267. The molecule has 0 bridgehead atoms. The molecular weight excluding hydrogens is 296 g/mol. The number of fused-ring (bicyclic) bond motifs is 1. The lowest BCUT2D eigenvalue weighted by Crippen LogP contribution is -2.37. The molecule has 0 atom stereocenters. The van der Waals surface area contributed by atoms with Gasteiger partial charge in [0.25, 0.3) is 5.56 Å². The maximum Gasteiger partial charge on any atom is 0.332 e. The molecule has 3 N–H and O–H groups in total. The van der Waals surface area contributed by atoms with Crippen LogP contribution in [0.3, 0.4) is 0 Å². The molecule has 0 spiro atoms. The summed E-state index contributed by atoms with van der Waals surface area (Å²) < 4.78 is 4.09. The van der Waals surface area contributed by atoms with Gasteiger partial charge in [-0.2, -0.15) is 4.98 Å². The highest BCUT2D eigenvalue weighted by Crippen LogP contribution is 2.17. The lowest BCUT2D eigenvalue weighted by atomic mass is 10.1. The summed E-state index contributed by atoms with van der Waals surface area (Å²) in [4.78, 5) is 28.9. The Bertz CT molecular complexity index is 1010. The summed E-state index contributed by atoms with van der Waals surface area (Å²) in [5.74, 6) is 5.88. The third kappa shape index (κ3) is 2.33. The summed E-state index contributed by atoms with van der Waals surface area (Å²) in [6, 6.07) is 7.94. The van der Waals surface area contributed by atoms with Gasteiger partial charge in [-0.1, -0.05) is 29.8 Å². The van der Waals surface area contributed by atoms with Crippen LogP contribution in [-0.4, -0.2) is 18.7 Å².